The van der Waals surface area contributed by atoms with Crippen LogP contribution in [0.2, 0.25) is 5.02 Å². The summed E-state index contributed by atoms with van der Waals surface area (Å²) in [5.74, 6) is 0.872. The first-order valence-corrected chi connectivity index (χ1v) is 6.72. The lowest BCUT2D eigenvalue weighted by atomic mass is 10.2. The van der Waals surface area contributed by atoms with Crippen LogP contribution in [-0.2, 0) is 0 Å². The number of furan rings is 1. The number of benzene rings is 1. The lowest BCUT2D eigenvalue weighted by molar-refractivity contribution is 0.490. The van der Waals surface area contributed by atoms with Gasteiger partial charge in [-0.2, -0.15) is 5.10 Å². The number of hydrogen-bond acceptors (Lipinski definition) is 3. The van der Waals surface area contributed by atoms with Gasteiger partial charge in [-0.1, -0.05) is 17.7 Å². The van der Waals surface area contributed by atoms with Gasteiger partial charge in [0.05, 0.1) is 23.0 Å². The van der Waals surface area contributed by atoms with Crippen molar-refractivity contribution in [3.05, 3.63) is 65.8 Å². The van der Waals surface area contributed by atoms with E-state index in [4.69, 9.17) is 16.0 Å². The third kappa shape index (κ3) is 2.42. The second-order valence-corrected chi connectivity index (χ2v) is 4.88. The summed E-state index contributed by atoms with van der Waals surface area (Å²) in [6.45, 7) is 2.03. The number of aromatic nitrogens is 2. The average molecular weight is 288 g/mol. The van der Waals surface area contributed by atoms with Gasteiger partial charge in [0.1, 0.15) is 11.4 Å². The summed E-state index contributed by atoms with van der Waals surface area (Å²) in [6, 6.07) is 11.5. The highest BCUT2D eigenvalue weighted by Crippen LogP contribution is 2.30. The van der Waals surface area contributed by atoms with E-state index in [1.807, 2.05) is 49.5 Å². The molecule has 0 amide bonds. The molecule has 0 aliphatic heterocycles. The number of hydrogen-bond donors (Lipinski definition) is 1. The molecule has 102 valence electrons. The Balaban J connectivity index is 1.96. The largest absolute Gasteiger partial charge is 0.467 e. The van der Waals surface area contributed by atoms with E-state index in [0.717, 1.165) is 17.1 Å². The summed E-state index contributed by atoms with van der Waals surface area (Å²) in [5, 5.41) is 8.29. The molecule has 1 N–H and O–H groups in total. The Hall–Kier alpha value is -2.20. The monoisotopic (exact) mass is 287 g/mol. The van der Waals surface area contributed by atoms with Crippen LogP contribution >= 0.6 is 11.6 Å². The van der Waals surface area contributed by atoms with Crippen molar-refractivity contribution >= 4 is 17.3 Å². The van der Waals surface area contributed by atoms with Crippen LogP contribution in [0.15, 0.2) is 59.5 Å². The Morgan fingerprint density at radius 2 is 2.15 bits per heavy atom. The number of nitrogens with one attached hydrogen (secondary N) is 1. The molecule has 1 aromatic carbocycles. The highest BCUT2D eigenvalue weighted by atomic mass is 35.5. The predicted octanol–water partition coefficient (Wildman–Crippen LogP) is 4.29. The van der Waals surface area contributed by atoms with Crippen molar-refractivity contribution in [2.75, 3.05) is 5.32 Å². The van der Waals surface area contributed by atoms with Crippen molar-refractivity contribution in [1.29, 1.82) is 0 Å². The van der Waals surface area contributed by atoms with Crippen LogP contribution in [0.25, 0.3) is 5.69 Å². The predicted molar refractivity (Wildman–Crippen MR) is 79.3 cm³/mol. The molecule has 5 heteroatoms. The van der Waals surface area contributed by atoms with Crippen LogP contribution in [-0.4, -0.2) is 9.78 Å². The second-order valence-electron chi connectivity index (χ2n) is 4.47. The lowest BCUT2D eigenvalue weighted by Gasteiger charge is -2.17. The summed E-state index contributed by atoms with van der Waals surface area (Å²) in [7, 11) is 0. The van der Waals surface area contributed by atoms with E-state index in [1.54, 1.807) is 17.1 Å². The first-order chi connectivity index (χ1) is 9.75. The second kappa shape index (κ2) is 5.43. The maximum Gasteiger partial charge on any atom is 0.125 e. The van der Waals surface area contributed by atoms with Gasteiger partial charge in [-0.25, -0.2) is 4.68 Å². The molecule has 20 heavy (non-hydrogen) atoms. The molecule has 0 radical (unpaired) electrons. The molecule has 1 unspecified atom stereocenters. The van der Waals surface area contributed by atoms with Gasteiger partial charge in [0.25, 0.3) is 0 Å². The van der Waals surface area contributed by atoms with E-state index in [2.05, 4.69) is 10.4 Å². The van der Waals surface area contributed by atoms with Crippen molar-refractivity contribution in [2.24, 2.45) is 0 Å². The van der Waals surface area contributed by atoms with Crippen LogP contribution in [0.4, 0.5) is 5.69 Å². The minimum Gasteiger partial charge on any atom is -0.467 e. The van der Waals surface area contributed by atoms with Crippen molar-refractivity contribution in [1.82, 2.24) is 9.78 Å². The number of nitrogens with zero attached hydrogens (tertiary/aromatic N) is 2. The Morgan fingerprint density at radius 3 is 2.85 bits per heavy atom. The molecule has 0 saturated heterocycles. The third-order valence-corrected chi connectivity index (χ3v) is 3.37. The summed E-state index contributed by atoms with van der Waals surface area (Å²) < 4.78 is 7.16. The molecule has 0 fully saturated rings. The highest BCUT2D eigenvalue weighted by molar-refractivity contribution is 6.33. The van der Waals surface area contributed by atoms with Gasteiger partial charge in [-0.15, -0.1) is 0 Å². The molecule has 2 aromatic heterocycles. The van der Waals surface area contributed by atoms with Crippen LogP contribution in [0, 0.1) is 0 Å². The smallest absolute Gasteiger partial charge is 0.125 e. The zero-order chi connectivity index (χ0) is 13.9. The van der Waals surface area contributed by atoms with Crippen molar-refractivity contribution < 1.29 is 4.42 Å². The van der Waals surface area contributed by atoms with E-state index in [-0.39, 0.29) is 6.04 Å². The molecule has 3 rings (SSSR count). The van der Waals surface area contributed by atoms with Crippen molar-refractivity contribution in [3.8, 4) is 5.69 Å². The fourth-order valence-corrected chi connectivity index (χ4v) is 2.37. The Kier molecular flexibility index (Phi) is 3.48. The normalized spacial score (nSPS) is 12.3. The van der Waals surface area contributed by atoms with E-state index < -0.39 is 0 Å². The summed E-state index contributed by atoms with van der Waals surface area (Å²) >= 11 is 6.30. The van der Waals surface area contributed by atoms with Gasteiger partial charge >= 0.3 is 0 Å². The van der Waals surface area contributed by atoms with Crippen LogP contribution in [0.3, 0.4) is 0 Å². The topological polar surface area (TPSA) is 43.0 Å². The zero-order valence-electron chi connectivity index (χ0n) is 11.0. The Morgan fingerprint density at radius 1 is 1.25 bits per heavy atom. The minimum atomic E-state index is 0.0396. The Labute approximate surface area is 122 Å². The number of rotatable bonds is 4. The molecule has 4 nitrogen and oxygen atoms in total. The first-order valence-electron chi connectivity index (χ1n) is 6.34. The SMILES string of the molecule is CC(Nc1cccc(Cl)c1-n1cccn1)c1ccco1. The molecular weight excluding hydrogens is 274 g/mol. The van der Waals surface area contributed by atoms with Gasteiger partial charge in [-0.3, -0.25) is 0 Å². The molecule has 2 heterocycles. The van der Waals surface area contributed by atoms with Gasteiger partial charge in [0.15, 0.2) is 0 Å². The highest BCUT2D eigenvalue weighted by Gasteiger charge is 2.14. The number of anilines is 1. The molecule has 3 aromatic rings. The molecular formula is C15H14ClN3O. The minimum absolute atomic E-state index is 0.0396. The van der Waals surface area contributed by atoms with E-state index in [0.29, 0.717) is 5.02 Å². The maximum absolute atomic E-state index is 6.30. The molecule has 0 aliphatic rings. The van der Waals surface area contributed by atoms with Crippen LogP contribution < -0.4 is 5.32 Å². The van der Waals surface area contributed by atoms with Gasteiger partial charge < -0.3 is 9.73 Å². The number of halogens is 1. The van der Waals surface area contributed by atoms with Crippen molar-refractivity contribution in [3.63, 3.8) is 0 Å². The van der Waals surface area contributed by atoms with Crippen LogP contribution in [0.1, 0.15) is 18.7 Å². The average Bonchev–Trinajstić information content (AvgIpc) is 3.12. The van der Waals surface area contributed by atoms with Gasteiger partial charge in [0, 0.05) is 12.4 Å². The standard InChI is InChI=1S/C15H14ClN3O/c1-11(14-7-3-10-20-14)18-13-6-2-5-12(16)15(13)19-9-4-8-17-19/h2-11,18H,1H3. The van der Waals surface area contributed by atoms with Crippen LogP contribution in [0.5, 0.6) is 0 Å². The third-order valence-electron chi connectivity index (χ3n) is 3.06. The summed E-state index contributed by atoms with van der Waals surface area (Å²) in [4.78, 5) is 0. The van der Waals surface area contributed by atoms with Gasteiger partial charge in [-0.05, 0) is 37.3 Å². The van der Waals surface area contributed by atoms with E-state index in [9.17, 15) is 0 Å². The first kappa shape index (κ1) is 12.8. The summed E-state index contributed by atoms with van der Waals surface area (Å²) in [6.07, 6.45) is 5.26. The quantitative estimate of drug-likeness (QED) is 0.778. The zero-order valence-corrected chi connectivity index (χ0v) is 11.7. The number of para-hydroxylation sites is 1. The van der Waals surface area contributed by atoms with E-state index >= 15 is 0 Å². The van der Waals surface area contributed by atoms with Crippen molar-refractivity contribution in [2.45, 2.75) is 13.0 Å². The molecule has 0 spiro atoms. The fourth-order valence-electron chi connectivity index (χ4n) is 2.11. The Bertz CT molecular complexity index is 677. The van der Waals surface area contributed by atoms with E-state index in [1.165, 1.54) is 0 Å². The molecule has 1 atom stereocenters. The van der Waals surface area contributed by atoms with Gasteiger partial charge in [0.2, 0.25) is 0 Å². The fraction of sp³-hybridized carbons (Fsp3) is 0.133. The molecule has 0 bridgehead atoms. The molecule has 0 aliphatic carbocycles. The maximum atomic E-state index is 6.30. The summed E-state index contributed by atoms with van der Waals surface area (Å²) in [5.41, 5.74) is 1.74. The lowest BCUT2D eigenvalue weighted by Crippen LogP contribution is -2.09. The molecule has 0 saturated carbocycles.